The predicted octanol–water partition coefficient (Wildman–Crippen LogP) is 2.75. The molecule has 0 saturated heterocycles. The highest BCUT2D eigenvalue weighted by molar-refractivity contribution is 7.89. The molecule has 1 amide bonds. The topological polar surface area (TPSA) is 111 Å². The Bertz CT molecular complexity index is 797. The minimum atomic E-state index is -3.93. The number of carbonyl (C=O) groups is 2. The van der Waals surface area contributed by atoms with Gasteiger partial charge in [0.25, 0.3) is 0 Å². The number of esters is 1. The fourth-order valence-corrected chi connectivity index (χ4v) is 3.89. The molecule has 9 heteroatoms. The molecule has 0 aliphatic heterocycles. The van der Waals surface area contributed by atoms with Gasteiger partial charge < -0.3 is 14.8 Å². The standard InChI is InChI=1S/C20H32N2O6S/c1-13(2)12-16(22-29(25,26)15-10-8-14(3)9-11-15)17(18(23)27-7)21-19(24)28-20(4,5)6/h8-11,13,16-17,22H,12H2,1-7H3,(H,21,24)/t16-,17+/m1/s1. The second kappa shape index (κ2) is 10.1. The number of hydrogen-bond acceptors (Lipinski definition) is 6. The molecule has 0 fully saturated rings. The van der Waals surface area contributed by atoms with E-state index in [4.69, 9.17) is 9.47 Å². The Balaban J connectivity index is 3.19. The number of hydrogen-bond donors (Lipinski definition) is 2. The van der Waals surface area contributed by atoms with Crippen molar-refractivity contribution in [1.29, 1.82) is 0 Å². The molecule has 0 aromatic heterocycles. The van der Waals surface area contributed by atoms with Gasteiger partial charge in [0.2, 0.25) is 10.0 Å². The Kier molecular flexibility index (Phi) is 8.65. The van der Waals surface area contributed by atoms with E-state index in [1.54, 1.807) is 32.9 Å². The van der Waals surface area contributed by atoms with Crippen LogP contribution in [-0.4, -0.2) is 45.3 Å². The summed E-state index contributed by atoms with van der Waals surface area (Å²) in [4.78, 5) is 24.7. The molecule has 0 spiro atoms. The van der Waals surface area contributed by atoms with Gasteiger partial charge in [-0.1, -0.05) is 31.5 Å². The summed E-state index contributed by atoms with van der Waals surface area (Å²) in [5.74, 6) is -0.735. The summed E-state index contributed by atoms with van der Waals surface area (Å²) in [7, 11) is -2.76. The monoisotopic (exact) mass is 428 g/mol. The third kappa shape index (κ3) is 8.41. The van der Waals surface area contributed by atoms with Crippen LogP contribution in [0.1, 0.15) is 46.6 Å². The number of methoxy groups -OCH3 is 1. The van der Waals surface area contributed by atoms with Gasteiger partial charge in [-0.3, -0.25) is 0 Å². The molecule has 0 aliphatic carbocycles. The van der Waals surface area contributed by atoms with Gasteiger partial charge in [-0.05, 0) is 52.2 Å². The van der Waals surface area contributed by atoms with E-state index in [2.05, 4.69) is 10.0 Å². The first-order valence-electron chi connectivity index (χ1n) is 9.41. The molecule has 0 unspecified atom stereocenters. The first kappa shape index (κ1) is 24.9. The number of nitrogens with one attached hydrogen (secondary N) is 2. The molecule has 1 rings (SSSR count). The summed E-state index contributed by atoms with van der Waals surface area (Å²) in [6, 6.07) is 4.15. The number of aryl methyl sites for hydroxylation is 1. The molecular weight excluding hydrogens is 396 g/mol. The molecule has 1 aromatic carbocycles. The lowest BCUT2D eigenvalue weighted by Crippen LogP contribution is -2.57. The lowest BCUT2D eigenvalue weighted by molar-refractivity contribution is -0.143. The highest BCUT2D eigenvalue weighted by Crippen LogP contribution is 2.17. The number of sulfonamides is 1. The van der Waals surface area contributed by atoms with Gasteiger partial charge in [-0.2, -0.15) is 0 Å². The minimum absolute atomic E-state index is 0.0355. The fourth-order valence-electron chi connectivity index (χ4n) is 2.63. The molecule has 0 radical (unpaired) electrons. The minimum Gasteiger partial charge on any atom is -0.467 e. The number of carbonyl (C=O) groups excluding carboxylic acids is 2. The first-order chi connectivity index (χ1) is 13.2. The SMILES string of the molecule is COC(=O)[C@@H](NC(=O)OC(C)(C)C)[C@@H](CC(C)C)NS(=O)(=O)c1ccc(C)cc1. The lowest BCUT2D eigenvalue weighted by atomic mass is 9.98. The third-order valence-corrected chi connectivity index (χ3v) is 5.40. The molecule has 0 heterocycles. The summed E-state index contributed by atoms with van der Waals surface area (Å²) in [6.07, 6.45) is -0.545. The molecule has 0 bridgehead atoms. The number of benzene rings is 1. The summed E-state index contributed by atoms with van der Waals surface area (Å²) in [5, 5.41) is 2.45. The molecule has 8 nitrogen and oxygen atoms in total. The van der Waals surface area contributed by atoms with Crippen LogP contribution in [0.4, 0.5) is 4.79 Å². The van der Waals surface area contributed by atoms with Crippen LogP contribution in [0.2, 0.25) is 0 Å². The maximum Gasteiger partial charge on any atom is 0.408 e. The van der Waals surface area contributed by atoms with Gasteiger partial charge >= 0.3 is 12.1 Å². The Labute approximate surface area is 173 Å². The van der Waals surface area contributed by atoms with E-state index in [0.717, 1.165) is 5.56 Å². The van der Waals surface area contributed by atoms with E-state index < -0.39 is 39.8 Å². The van der Waals surface area contributed by atoms with Crippen molar-refractivity contribution in [1.82, 2.24) is 10.0 Å². The van der Waals surface area contributed by atoms with Crippen LogP contribution in [0.15, 0.2) is 29.2 Å². The van der Waals surface area contributed by atoms with Gasteiger partial charge in [0, 0.05) is 0 Å². The van der Waals surface area contributed by atoms with E-state index in [1.807, 2.05) is 20.8 Å². The number of rotatable bonds is 8. The van der Waals surface area contributed by atoms with E-state index in [-0.39, 0.29) is 10.8 Å². The highest BCUT2D eigenvalue weighted by atomic mass is 32.2. The second-order valence-corrected chi connectivity index (χ2v) is 10.0. The van der Waals surface area contributed by atoms with Crippen LogP contribution >= 0.6 is 0 Å². The van der Waals surface area contributed by atoms with Crippen LogP contribution < -0.4 is 10.0 Å². The van der Waals surface area contributed by atoms with Crippen LogP contribution in [-0.2, 0) is 24.3 Å². The van der Waals surface area contributed by atoms with Crippen molar-refractivity contribution in [2.24, 2.45) is 5.92 Å². The zero-order valence-corrected chi connectivity index (χ0v) is 18.9. The fraction of sp³-hybridized carbons (Fsp3) is 0.600. The van der Waals surface area contributed by atoms with Gasteiger partial charge in [-0.15, -0.1) is 0 Å². The van der Waals surface area contributed by atoms with E-state index >= 15 is 0 Å². The maximum absolute atomic E-state index is 12.9. The van der Waals surface area contributed by atoms with Crippen molar-refractivity contribution in [2.45, 2.75) is 70.5 Å². The summed E-state index contributed by atoms with van der Waals surface area (Å²) in [6.45, 7) is 10.7. The summed E-state index contributed by atoms with van der Waals surface area (Å²) >= 11 is 0. The highest BCUT2D eigenvalue weighted by Gasteiger charge is 2.35. The van der Waals surface area contributed by atoms with Crippen LogP contribution in [0.25, 0.3) is 0 Å². The van der Waals surface area contributed by atoms with Crippen molar-refractivity contribution < 1.29 is 27.5 Å². The molecule has 164 valence electrons. The molecule has 2 atom stereocenters. The predicted molar refractivity (Wildman–Crippen MR) is 110 cm³/mol. The Hall–Kier alpha value is -2.13. The average Bonchev–Trinajstić information content (AvgIpc) is 2.56. The van der Waals surface area contributed by atoms with Gasteiger partial charge in [0.15, 0.2) is 0 Å². The van der Waals surface area contributed by atoms with Crippen LogP contribution in [0.3, 0.4) is 0 Å². The zero-order chi connectivity index (χ0) is 22.4. The van der Waals surface area contributed by atoms with Crippen molar-refractivity contribution in [3.8, 4) is 0 Å². The van der Waals surface area contributed by atoms with Gasteiger partial charge in [0.05, 0.1) is 18.0 Å². The average molecular weight is 429 g/mol. The molecule has 1 aromatic rings. The number of amides is 1. The molecule has 0 aliphatic rings. The quantitative estimate of drug-likeness (QED) is 0.616. The number of ether oxygens (including phenoxy) is 2. The van der Waals surface area contributed by atoms with Crippen LogP contribution in [0, 0.1) is 12.8 Å². The Morgan fingerprint density at radius 3 is 2.10 bits per heavy atom. The van der Waals surface area contributed by atoms with Gasteiger partial charge in [0.1, 0.15) is 11.6 Å². The second-order valence-electron chi connectivity index (χ2n) is 8.32. The van der Waals surface area contributed by atoms with E-state index in [1.165, 1.54) is 19.2 Å². The normalized spacial score (nSPS) is 14.2. The smallest absolute Gasteiger partial charge is 0.408 e. The van der Waals surface area contributed by atoms with E-state index in [0.29, 0.717) is 6.42 Å². The van der Waals surface area contributed by atoms with Crippen molar-refractivity contribution in [3.05, 3.63) is 29.8 Å². The van der Waals surface area contributed by atoms with Gasteiger partial charge in [-0.25, -0.2) is 22.7 Å². The Morgan fingerprint density at radius 2 is 1.66 bits per heavy atom. The summed E-state index contributed by atoms with van der Waals surface area (Å²) in [5.41, 5.74) is 0.140. The zero-order valence-electron chi connectivity index (χ0n) is 18.1. The molecule has 2 N–H and O–H groups in total. The van der Waals surface area contributed by atoms with Crippen LogP contribution in [0.5, 0.6) is 0 Å². The van der Waals surface area contributed by atoms with Crippen molar-refractivity contribution in [2.75, 3.05) is 7.11 Å². The molecular formula is C20H32N2O6S. The van der Waals surface area contributed by atoms with Crippen molar-refractivity contribution >= 4 is 22.1 Å². The number of alkyl carbamates (subject to hydrolysis) is 1. The Morgan fingerprint density at radius 1 is 1.10 bits per heavy atom. The lowest BCUT2D eigenvalue weighted by Gasteiger charge is -2.29. The largest absolute Gasteiger partial charge is 0.467 e. The summed E-state index contributed by atoms with van der Waals surface area (Å²) < 4.78 is 38.3. The molecule has 29 heavy (non-hydrogen) atoms. The maximum atomic E-state index is 12.9. The first-order valence-corrected chi connectivity index (χ1v) is 10.9. The third-order valence-electron chi connectivity index (χ3n) is 3.89. The van der Waals surface area contributed by atoms with Crippen molar-refractivity contribution in [3.63, 3.8) is 0 Å². The van der Waals surface area contributed by atoms with E-state index in [9.17, 15) is 18.0 Å². The molecule has 0 saturated carbocycles.